The Bertz CT molecular complexity index is 1210. The molecule has 3 rings (SSSR count). The number of hydrogen-bond donors (Lipinski definition) is 3. The van der Waals surface area contributed by atoms with E-state index in [2.05, 4.69) is 41.4 Å². The Labute approximate surface area is 193 Å². The van der Waals surface area contributed by atoms with Crippen molar-refractivity contribution in [1.82, 2.24) is 15.3 Å². The van der Waals surface area contributed by atoms with Crippen molar-refractivity contribution in [1.29, 1.82) is 0 Å². The molecule has 0 radical (unpaired) electrons. The van der Waals surface area contributed by atoms with E-state index >= 15 is 0 Å². The van der Waals surface area contributed by atoms with Crippen LogP contribution in [-0.4, -0.2) is 27.8 Å². The SMILES string of the molecule is CCc1cc(=O)[nH]c(-c2cccc(NC(=O)C(C)NC(=O)c3ccc(C(C)(C)C)cc3)c2)n1. The normalized spacial score (nSPS) is 12.2. The van der Waals surface area contributed by atoms with Crippen molar-refractivity contribution in [2.24, 2.45) is 0 Å². The zero-order valence-electron chi connectivity index (χ0n) is 19.7. The third kappa shape index (κ3) is 6.16. The monoisotopic (exact) mass is 446 g/mol. The molecular formula is C26H30N4O3. The van der Waals surface area contributed by atoms with Gasteiger partial charge in [0.25, 0.3) is 11.5 Å². The molecule has 7 nitrogen and oxygen atoms in total. The van der Waals surface area contributed by atoms with Crippen molar-refractivity contribution in [3.8, 4) is 11.4 Å². The van der Waals surface area contributed by atoms with Crippen molar-refractivity contribution in [3.05, 3.63) is 81.8 Å². The van der Waals surface area contributed by atoms with Gasteiger partial charge < -0.3 is 15.6 Å². The number of aryl methyl sites for hydroxylation is 1. The largest absolute Gasteiger partial charge is 0.341 e. The zero-order valence-corrected chi connectivity index (χ0v) is 19.7. The summed E-state index contributed by atoms with van der Waals surface area (Å²) in [6.45, 7) is 9.88. The molecule has 1 heterocycles. The smallest absolute Gasteiger partial charge is 0.251 e. The number of carbonyl (C=O) groups excluding carboxylic acids is 2. The van der Waals surface area contributed by atoms with Crippen molar-refractivity contribution < 1.29 is 9.59 Å². The fourth-order valence-electron chi connectivity index (χ4n) is 3.29. The van der Waals surface area contributed by atoms with Crippen LogP contribution in [0.4, 0.5) is 5.69 Å². The average molecular weight is 447 g/mol. The van der Waals surface area contributed by atoms with E-state index in [0.717, 1.165) is 5.56 Å². The number of benzene rings is 2. The number of nitrogens with zero attached hydrogens (tertiary/aromatic N) is 1. The standard InChI is InChI=1S/C26H30N4O3/c1-6-20-15-22(31)30-23(28-20)18-8-7-9-21(14-18)29-24(32)16(2)27-25(33)17-10-12-19(13-11-17)26(3,4)5/h7-16H,6H2,1-5H3,(H,27,33)(H,29,32)(H,28,30,31). The molecule has 3 N–H and O–H groups in total. The number of H-pyrrole nitrogens is 1. The lowest BCUT2D eigenvalue weighted by Gasteiger charge is -2.19. The van der Waals surface area contributed by atoms with Crippen LogP contribution in [0.3, 0.4) is 0 Å². The van der Waals surface area contributed by atoms with Crippen molar-refractivity contribution in [3.63, 3.8) is 0 Å². The number of aromatic nitrogens is 2. The quantitative estimate of drug-likeness (QED) is 0.531. The summed E-state index contributed by atoms with van der Waals surface area (Å²) in [5, 5.41) is 5.54. The van der Waals surface area contributed by atoms with Gasteiger partial charge in [-0.25, -0.2) is 4.98 Å². The third-order valence-electron chi connectivity index (χ3n) is 5.31. The van der Waals surface area contributed by atoms with Crippen LogP contribution in [-0.2, 0) is 16.6 Å². The Morgan fingerprint density at radius 3 is 2.39 bits per heavy atom. The van der Waals surface area contributed by atoms with Gasteiger partial charge in [-0.3, -0.25) is 14.4 Å². The molecule has 7 heteroatoms. The molecule has 33 heavy (non-hydrogen) atoms. The molecule has 1 atom stereocenters. The molecule has 0 saturated heterocycles. The molecule has 2 aromatic carbocycles. The Morgan fingerprint density at radius 1 is 1.06 bits per heavy atom. The first kappa shape index (κ1) is 23.9. The summed E-state index contributed by atoms with van der Waals surface area (Å²) in [6, 6.07) is 15.2. The molecular weight excluding hydrogens is 416 g/mol. The average Bonchev–Trinajstić information content (AvgIpc) is 2.78. The van der Waals surface area contributed by atoms with Gasteiger partial charge in [0.2, 0.25) is 5.91 Å². The van der Waals surface area contributed by atoms with Gasteiger partial charge in [0.1, 0.15) is 11.9 Å². The minimum absolute atomic E-state index is 0.00286. The van der Waals surface area contributed by atoms with Crippen molar-refractivity contribution >= 4 is 17.5 Å². The van der Waals surface area contributed by atoms with Crippen LogP contribution >= 0.6 is 0 Å². The minimum Gasteiger partial charge on any atom is -0.341 e. The summed E-state index contributed by atoms with van der Waals surface area (Å²) in [7, 11) is 0. The molecule has 0 bridgehead atoms. The van der Waals surface area contributed by atoms with Crippen molar-refractivity contribution in [2.45, 2.75) is 52.5 Å². The Hall–Kier alpha value is -3.74. The predicted octanol–water partition coefficient (Wildman–Crippen LogP) is 4.05. The number of hydrogen-bond acceptors (Lipinski definition) is 4. The molecule has 0 saturated carbocycles. The summed E-state index contributed by atoms with van der Waals surface area (Å²) in [5.41, 5.74) is 3.30. The van der Waals surface area contributed by atoms with E-state index in [0.29, 0.717) is 34.8 Å². The van der Waals surface area contributed by atoms with Crippen LogP contribution in [0.5, 0.6) is 0 Å². The van der Waals surface area contributed by atoms with Gasteiger partial charge in [0.15, 0.2) is 0 Å². The first-order valence-corrected chi connectivity index (χ1v) is 11.0. The van der Waals surface area contributed by atoms with Crippen molar-refractivity contribution in [2.75, 3.05) is 5.32 Å². The molecule has 0 aliphatic rings. The van der Waals surface area contributed by atoms with Gasteiger partial charge in [-0.1, -0.05) is 52.0 Å². The molecule has 0 aliphatic carbocycles. The molecule has 3 aromatic rings. The maximum Gasteiger partial charge on any atom is 0.251 e. The van der Waals surface area contributed by atoms with Crippen LogP contribution in [0.1, 0.15) is 56.2 Å². The van der Waals surface area contributed by atoms with E-state index in [9.17, 15) is 14.4 Å². The van der Waals surface area contributed by atoms with Gasteiger partial charge >= 0.3 is 0 Å². The second-order valence-electron chi connectivity index (χ2n) is 9.03. The number of carbonyl (C=O) groups is 2. The van der Waals surface area contributed by atoms with E-state index in [1.807, 2.05) is 19.1 Å². The lowest BCUT2D eigenvalue weighted by molar-refractivity contribution is -0.117. The highest BCUT2D eigenvalue weighted by atomic mass is 16.2. The van der Waals surface area contributed by atoms with Crippen LogP contribution < -0.4 is 16.2 Å². The minimum atomic E-state index is -0.746. The first-order valence-electron chi connectivity index (χ1n) is 11.0. The van der Waals surface area contributed by atoms with E-state index in [-0.39, 0.29) is 22.8 Å². The van der Waals surface area contributed by atoms with E-state index in [1.165, 1.54) is 6.07 Å². The number of nitrogens with one attached hydrogen (secondary N) is 3. The number of anilines is 1. The van der Waals surface area contributed by atoms with Gasteiger partial charge in [-0.15, -0.1) is 0 Å². The molecule has 0 aliphatic heterocycles. The summed E-state index contributed by atoms with van der Waals surface area (Å²) in [4.78, 5) is 44.3. The second kappa shape index (κ2) is 9.81. The van der Waals surface area contributed by atoms with Gasteiger partial charge in [0, 0.05) is 28.6 Å². The Kier molecular flexibility index (Phi) is 7.11. The fourth-order valence-corrected chi connectivity index (χ4v) is 3.29. The predicted molar refractivity (Wildman–Crippen MR) is 130 cm³/mol. The van der Waals surface area contributed by atoms with Crippen LogP contribution in [0.2, 0.25) is 0 Å². The number of amides is 2. The summed E-state index contributed by atoms with van der Waals surface area (Å²) < 4.78 is 0. The van der Waals surface area contributed by atoms with Gasteiger partial charge in [0.05, 0.1) is 0 Å². The summed E-state index contributed by atoms with van der Waals surface area (Å²) >= 11 is 0. The van der Waals surface area contributed by atoms with Gasteiger partial charge in [-0.05, 0) is 48.6 Å². The van der Waals surface area contributed by atoms with Crippen LogP contribution in [0.25, 0.3) is 11.4 Å². The van der Waals surface area contributed by atoms with E-state index in [1.54, 1.807) is 43.3 Å². The molecule has 0 spiro atoms. The maximum atomic E-state index is 12.7. The molecule has 2 amide bonds. The van der Waals surface area contributed by atoms with Crippen LogP contribution in [0, 0.1) is 0 Å². The molecule has 1 unspecified atom stereocenters. The number of aromatic amines is 1. The maximum absolute atomic E-state index is 12.7. The molecule has 1 aromatic heterocycles. The van der Waals surface area contributed by atoms with E-state index in [4.69, 9.17) is 0 Å². The Morgan fingerprint density at radius 2 is 1.76 bits per heavy atom. The zero-order chi connectivity index (χ0) is 24.2. The highest BCUT2D eigenvalue weighted by molar-refractivity contribution is 6.01. The topological polar surface area (TPSA) is 104 Å². The first-order chi connectivity index (χ1) is 15.6. The summed E-state index contributed by atoms with van der Waals surface area (Å²) in [6.07, 6.45) is 0.642. The fraction of sp³-hybridized carbons (Fsp3) is 0.308. The van der Waals surface area contributed by atoms with Gasteiger partial charge in [-0.2, -0.15) is 0 Å². The lowest BCUT2D eigenvalue weighted by atomic mass is 9.86. The lowest BCUT2D eigenvalue weighted by Crippen LogP contribution is -2.41. The number of rotatable bonds is 6. The van der Waals surface area contributed by atoms with E-state index < -0.39 is 6.04 Å². The highest BCUT2D eigenvalue weighted by Gasteiger charge is 2.18. The molecule has 172 valence electrons. The third-order valence-corrected chi connectivity index (χ3v) is 5.31. The molecule has 0 fully saturated rings. The second-order valence-corrected chi connectivity index (χ2v) is 9.03. The van der Waals surface area contributed by atoms with Crippen LogP contribution in [0.15, 0.2) is 59.4 Å². The Balaban J connectivity index is 1.67. The highest BCUT2D eigenvalue weighted by Crippen LogP contribution is 2.22. The summed E-state index contributed by atoms with van der Waals surface area (Å²) in [5.74, 6) is -0.226.